The first-order chi connectivity index (χ1) is 14.2. The van der Waals surface area contributed by atoms with E-state index in [1.807, 2.05) is 13.0 Å². The van der Waals surface area contributed by atoms with Crippen LogP contribution in [0.2, 0.25) is 0 Å². The second kappa shape index (κ2) is 8.90. The van der Waals surface area contributed by atoms with E-state index < -0.39 is 0 Å². The fourth-order valence-electron chi connectivity index (χ4n) is 3.59. The van der Waals surface area contributed by atoms with E-state index in [4.69, 9.17) is 0 Å². The first-order valence-electron chi connectivity index (χ1n) is 10.1. The van der Waals surface area contributed by atoms with Crippen molar-refractivity contribution in [3.05, 3.63) is 71.8 Å². The van der Waals surface area contributed by atoms with E-state index in [1.54, 1.807) is 12.1 Å². The first kappa shape index (κ1) is 19.2. The molecule has 1 saturated heterocycles. The second-order valence-corrected chi connectivity index (χ2v) is 7.35. The maximum Gasteiger partial charge on any atom is 0.136 e. The van der Waals surface area contributed by atoms with Gasteiger partial charge in [0.15, 0.2) is 0 Å². The summed E-state index contributed by atoms with van der Waals surface area (Å²) in [6, 6.07) is 17.0. The third-order valence-corrected chi connectivity index (χ3v) is 5.08. The number of halogens is 1. The molecule has 150 valence electrons. The second-order valence-electron chi connectivity index (χ2n) is 7.35. The van der Waals surface area contributed by atoms with Crippen LogP contribution in [-0.2, 0) is 6.42 Å². The summed E-state index contributed by atoms with van der Waals surface area (Å²) in [5.74, 6) is 2.02. The average molecular weight is 391 g/mol. The van der Waals surface area contributed by atoms with Crippen LogP contribution in [0.1, 0.15) is 24.2 Å². The van der Waals surface area contributed by atoms with Crippen molar-refractivity contribution in [2.24, 2.45) is 0 Å². The number of anilines is 4. The van der Waals surface area contributed by atoms with Gasteiger partial charge in [-0.25, -0.2) is 14.4 Å². The van der Waals surface area contributed by atoms with E-state index in [1.165, 1.54) is 30.7 Å². The quantitative estimate of drug-likeness (QED) is 0.599. The van der Waals surface area contributed by atoms with E-state index in [0.717, 1.165) is 42.4 Å². The highest BCUT2D eigenvalue weighted by Crippen LogP contribution is 2.24. The van der Waals surface area contributed by atoms with E-state index >= 15 is 0 Å². The third kappa shape index (κ3) is 5.22. The molecule has 1 aliphatic heterocycles. The standard InChI is InChI=1S/C23H26FN5/c1-17-26-22(25-13-12-18-4-6-19(24)7-5-18)16-23(27-17)28-20-8-10-21(11-9-20)29-14-2-3-15-29/h4-11,16H,2-3,12-15H2,1H3,(H2,25,26,27,28). The summed E-state index contributed by atoms with van der Waals surface area (Å²) in [7, 11) is 0. The van der Waals surface area contributed by atoms with Crippen molar-refractivity contribution in [3.63, 3.8) is 0 Å². The Labute approximate surface area is 171 Å². The Balaban J connectivity index is 1.36. The zero-order chi connectivity index (χ0) is 20.1. The molecular weight excluding hydrogens is 365 g/mol. The minimum Gasteiger partial charge on any atom is -0.372 e. The lowest BCUT2D eigenvalue weighted by Crippen LogP contribution is -2.17. The highest BCUT2D eigenvalue weighted by molar-refractivity contribution is 5.62. The smallest absolute Gasteiger partial charge is 0.136 e. The largest absolute Gasteiger partial charge is 0.372 e. The van der Waals surface area contributed by atoms with E-state index in [2.05, 4.69) is 49.8 Å². The highest BCUT2D eigenvalue weighted by Gasteiger charge is 2.12. The number of aryl methyl sites for hydroxylation is 1. The SMILES string of the molecule is Cc1nc(NCCc2ccc(F)cc2)cc(Nc2ccc(N3CCCC3)cc2)n1. The Bertz CT molecular complexity index is 934. The summed E-state index contributed by atoms with van der Waals surface area (Å²) in [6.07, 6.45) is 3.35. The zero-order valence-electron chi connectivity index (χ0n) is 16.7. The van der Waals surface area contributed by atoms with Gasteiger partial charge in [-0.3, -0.25) is 0 Å². The number of aromatic nitrogens is 2. The van der Waals surface area contributed by atoms with Crippen LogP contribution in [0, 0.1) is 12.7 Å². The van der Waals surface area contributed by atoms with Gasteiger partial charge < -0.3 is 15.5 Å². The summed E-state index contributed by atoms with van der Waals surface area (Å²) >= 11 is 0. The van der Waals surface area contributed by atoms with Crippen LogP contribution < -0.4 is 15.5 Å². The van der Waals surface area contributed by atoms with Crippen molar-refractivity contribution in [3.8, 4) is 0 Å². The number of benzene rings is 2. The number of nitrogens with one attached hydrogen (secondary N) is 2. The number of hydrogen-bond donors (Lipinski definition) is 2. The summed E-state index contributed by atoms with van der Waals surface area (Å²) in [5.41, 5.74) is 3.36. The number of rotatable bonds is 7. The number of nitrogens with zero attached hydrogens (tertiary/aromatic N) is 3. The van der Waals surface area contributed by atoms with Gasteiger partial charge in [0.05, 0.1) is 0 Å². The Morgan fingerprint density at radius 3 is 2.34 bits per heavy atom. The van der Waals surface area contributed by atoms with Gasteiger partial charge in [0.1, 0.15) is 23.3 Å². The van der Waals surface area contributed by atoms with Crippen LogP contribution in [0.3, 0.4) is 0 Å². The lowest BCUT2D eigenvalue weighted by atomic mass is 10.1. The molecular formula is C23H26FN5. The topological polar surface area (TPSA) is 53.1 Å². The molecule has 0 spiro atoms. The molecule has 0 amide bonds. The Morgan fingerprint density at radius 1 is 0.931 bits per heavy atom. The molecule has 2 heterocycles. The molecule has 5 nitrogen and oxygen atoms in total. The van der Waals surface area contributed by atoms with Crippen molar-refractivity contribution in [1.29, 1.82) is 0 Å². The zero-order valence-corrected chi connectivity index (χ0v) is 16.7. The average Bonchev–Trinajstić information content (AvgIpc) is 3.25. The lowest BCUT2D eigenvalue weighted by Gasteiger charge is -2.18. The molecule has 6 heteroatoms. The van der Waals surface area contributed by atoms with Crippen molar-refractivity contribution in [1.82, 2.24) is 9.97 Å². The van der Waals surface area contributed by atoms with E-state index in [0.29, 0.717) is 12.4 Å². The van der Waals surface area contributed by atoms with Crippen molar-refractivity contribution < 1.29 is 4.39 Å². The predicted octanol–water partition coefficient (Wildman–Crippen LogP) is 4.92. The lowest BCUT2D eigenvalue weighted by molar-refractivity contribution is 0.627. The van der Waals surface area contributed by atoms with Gasteiger partial charge in [0, 0.05) is 37.1 Å². The molecule has 0 radical (unpaired) electrons. The minimum atomic E-state index is -0.211. The molecule has 2 aromatic carbocycles. The molecule has 3 aromatic rings. The van der Waals surface area contributed by atoms with Crippen LogP contribution in [0.15, 0.2) is 54.6 Å². The van der Waals surface area contributed by atoms with Crippen molar-refractivity contribution in [2.45, 2.75) is 26.2 Å². The van der Waals surface area contributed by atoms with Crippen LogP contribution in [-0.4, -0.2) is 29.6 Å². The van der Waals surface area contributed by atoms with Gasteiger partial charge in [0.25, 0.3) is 0 Å². The predicted molar refractivity (Wildman–Crippen MR) is 117 cm³/mol. The monoisotopic (exact) mass is 391 g/mol. The Kier molecular flexibility index (Phi) is 5.89. The molecule has 1 aromatic heterocycles. The van der Waals surface area contributed by atoms with Crippen LogP contribution >= 0.6 is 0 Å². The first-order valence-corrected chi connectivity index (χ1v) is 10.1. The van der Waals surface area contributed by atoms with Gasteiger partial charge >= 0.3 is 0 Å². The molecule has 0 unspecified atom stereocenters. The van der Waals surface area contributed by atoms with Gasteiger partial charge in [-0.1, -0.05) is 12.1 Å². The van der Waals surface area contributed by atoms with Gasteiger partial charge in [-0.15, -0.1) is 0 Å². The maximum absolute atomic E-state index is 13.0. The molecule has 4 rings (SSSR count). The molecule has 29 heavy (non-hydrogen) atoms. The van der Waals surface area contributed by atoms with Crippen LogP contribution in [0.4, 0.5) is 27.4 Å². The van der Waals surface area contributed by atoms with E-state index in [-0.39, 0.29) is 5.82 Å². The van der Waals surface area contributed by atoms with Crippen molar-refractivity contribution >= 4 is 23.0 Å². The number of hydrogen-bond acceptors (Lipinski definition) is 5. The minimum absolute atomic E-state index is 0.211. The fraction of sp³-hybridized carbons (Fsp3) is 0.304. The summed E-state index contributed by atoms with van der Waals surface area (Å²) < 4.78 is 13.0. The van der Waals surface area contributed by atoms with Crippen molar-refractivity contribution in [2.75, 3.05) is 35.2 Å². The van der Waals surface area contributed by atoms with Gasteiger partial charge in [-0.05, 0) is 68.1 Å². The molecule has 1 fully saturated rings. The third-order valence-electron chi connectivity index (χ3n) is 5.08. The summed E-state index contributed by atoms with van der Waals surface area (Å²) in [5, 5.41) is 6.70. The molecule has 1 aliphatic rings. The Hall–Kier alpha value is -3.15. The fourth-order valence-corrected chi connectivity index (χ4v) is 3.59. The Morgan fingerprint density at radius 2 is 1.62 bits per heavy atom. The molecule has 0 bridgehead atoms. The summed E-state index contributed by atoms with van der Waals surface area (Å²) in [6.45, 7) is 4.88. The molecule has 0 atom stereocenters. The maximum atomic E-state index is 13.0. The molecule has 0 saturated carbocycles. The normalized spacial score (nSPS) is 13.5. The molecule has 0 aliphatic carbocycles. The van der Waals surface area contributed by atoms with Crippen LogP contribution in [0.25, 0.3) is 0 Å². The van der Waals surface area contributed by atoms with Crippen LogP contribution in [0.5, 0.6) is 0 Å². The molecule has 2 N–H and O–H groups in total. The summed E-state index contributed by atoms with van der Waals surface area (Å²) in [4.78, 5) is 11.4. The van der Waals surface area contributed by atoms with Gasteiger partial charge in [-0.2, -0.15) is 0 Å². The van der Waals surface area contributed by atoms with E-state index in [9.17, 15) is 4.39 Å². The highest BCUT2D eigenvalue weighted by atomic mass is 19.1. The van der Waals surface area contributed by atoms with Gasteiger partial charge in [0.2, 0.25) is 0 Å².